The Kier molecular flexibility index (Phi) is 5.63. The first-order chi connectivity index (χ1) is 14.8. The topological polar surface area (TPSA) is 91.4 Å². The predicted molar refractivity (Wildman–Crippen MR) is 111 cm³/mol. The van der Waals surface area contributed by atoms with Crippen molar-refractivity contribution in [3.05, 3.63) is 24.0 Å². The molecule has 0 saturated carbocycles. The lowest BCUT2D eigenvalue weighted by Gasteiger charge is -2.34. The van der Waals surface area contributed by atoms with Crippen LogP contribution < -0.4 is 15.1 Å². The fraction of sp³-hybridized carbons (Fsp3) is 0.571. The van der Waals surface area contributed by atoms with E-state index >= 15 is 4.39 Å². The smallest absolute Gasteiger partial charge is 0.414 e. The highest BCUT2D eigenvalue weighted by atomic mass is 19.1. The number of halogens is 1. The number of ether oxygens (including phenoxy) is 2. The van der Waals surface area contributed by atoms with Crippen LogP contribution in [0, 0.1) is 5.82 Å². The molecule has 1 aromatic rings. The molecule has 4 rings (SSSR count). The Bertz CT molecular complexity index is 897. The summed E-state index contributed by atoms with van der Waals surface area (Å²) in [5.74, 6) is -0.642. The molecule has 1 aromatic carbocycles. The Morgan fingerprint density at radius 3 is 2.84 bits per heavy atom. The van der Waals surface area contributed by atoms with Gasteiger partial charge in [0.2, 0.25) is 5.91 Å². The molecule has 3 fully saturated rings. The number of carbonyl (C=O) groups is 3. The Morgan fingerprint density at radius 1 is 1.32 bits per heavy atom. The van der Waals surface area contributed by atoms with E-state index in [4.69, 9.17) is 9.47 Å². The Morgan fingerprint density at radius 2 is 2.13 bits per heavy atom. The number of anilines is 2. The van der Waals surface area contributed by atoms with Gasteiger partial charge in [-0.1, -0.05) is 0 Å². The van der Waals surface area contributed by atoms with Crippen molar-refractivity contribution in [1.82, 2.24) is 10.2 Å². The molecular weight excluding hydrogens is 407 g/mol. The number of nitrogens with one attached hydrogen (secondary N) is 1. The van der Waals surface area contributed by atoms with E-state index in [-0.39, 0.29) is 30.6 Å². The van der Waals surface area contributed by atoms with Gasteiger partial charge in [0.25, 0.3) is 0 Å². The van der Waals surface area contributed by atoms with Gasteiger partial charge in [0.15, 0.2) is 0 Å². The third-order valence-corrected chi connectivity index (χ3v) is 6.36. The molecule has 0 radical (unpaired) electrons. The molecule has 1 N–H and O–H groups in total. The number of hydrogen-bond acceptors (Lipinski definition) is 6. The van der Waals surface area contributed by atoms with Crippen LogP contribution in [-0.2, 0) is 14.3 Å². The summed E-state index contributed by atoms with van der Waals surface area (Å²) in [6.07, 6.45) is 1.14. The van der Waals surface area contributed by atoms with Gasteiger partial charge in [0.1, 0.15) is 11.9 Å². The van der Waals surface area contributed by atoms with Crippen molar-refractivity contribution in [2.24, 2.45) is 0 Å². The molecular formula is C21H27FN4O5. The summed E-state index contributed by atoms with van der Waals surface area (Å²) < 4.78 is 25.2. The van der Waals surface area contributed by atoms with E-state index < -0.39 is 18.0 Å². The standard InChI is InChI=1S/C21H27FN4O5/c1-14(27)23-11-16-12-25(19(28)31-16)15-4-5-18(17(22)10-15)24-9-7-21(13-24)6-3-8-26(21)20(29)30-2/h4-5,10,16H,3,6-9,11-13H2,1-2H3,(H,23,27). The van der Waals surface area contributed by atoms with Crippen LogP contribution in [-0.4, -0.2) is 74.5 Å². The minimum atomic E-state index is -0.567. The summed E-state index contributed by atoms with van der Waals surface area (Å²) in [5, 5.41) is 2.62. The molecule has 3 aliphatic heterocycles. The molecule has 31 heavy (non-hydrogen) atoms. The molecule has 9 nitrogen and oxygen atoms in total. The number of hydrogen-bond donors (Lipinski definition) is 1. The summed E-state index contributed by atoms with van der Waals surface area (Å²) in [7, 11) is 1.38. The molecule has 0 bridgehead atoms. The zero-order valence-electron chi connectivity index (χ0n) is 17.7. The normalized spacial score (nSPS) is 25.3. The molecule has 1 spiro atoms. The molecule has 2 atom stereocenters. The van der Waals surface area contributed by atoms with Gasteiger partial charge >= 0.3 is 12.2 Å². The van der Waals surface area contributed by atoms with Crippen LogP contribution >= 0.6 is 0 Å². The van der Waals surface area contributed by atoms with E-state index in [0.717, 1.165) is 19.3 Å². The number of cyclic esters (lactones) is 1. The highest BCUT2D eigenvalue weighted by molar-refractivity contribution is 5.90. The first kappa shape index (κ1) is 21.2. The quantitative estimate of drug-likeness (QED) is 0.781. The molecule has 0 aliphatic carbocycles. The highest BCUT2D eigenvalue weighted by Crippen LogP contribution is 2.40. The monoisotopic (exact) mass is 434 g/mol. The number of benzene rings is 1. The Balaban J connectivity index is 1.46. The number of likely N-dealkylation sites (tertiary alicyclic amines) is 1. The average Bonchev–Trinajstić information content (AvgIpc) is 3.45. The highest BCUT2D eigenvalue weighted by Gasteiger charge is 2.49. The van der Waals surface area contributed by atoms with Gasteiger partial charge in [0, 0.05) is 26.6 Å². The van der Waals surface area contributed by atoms with E-state index in [1.54, 1.807) is 17.0 Å². The molecule has 168 valence electrons. The second-order valence-electron chi connectivity index (χ2n) is 8.31. The molecule has 3 amide bonds. The Labute approximate surface area is 180 Å². The lowest BCUT2D eigenvalue weighted by Crippen LogP contribution is -2.49. The fourth-order valence-electron chi connectivity index (χ4n) is 4.84. The van der Waals surface area contributed by atoms with Crippen LogP contribution in [0.4, 0.5) is 25.4 Å². The Hall–Kier alpha value is -3.04. The second kappa shape index (κ2) is 8.24. The molecule has 0 aromatic heterocycles. The average molecular weight is 434 g/mol. The largest absolute Gasteiger partial charge is 0.453 e. The second-order valence-corrected chi connectivity index (χ2v) is 8.31. The van der Waals surface area contributed by atoms with Gasteiger partial charge in [0.05, 0.1) is 37.1 Å². The van der Waals surface area contributed by atoms with Crippen LogP contribution in [0.25, 0.3) is 0 Å². The van der Waals surface area contributed by atoms with Crippen molar-refractivity contribution in [2.75, 3.05) is 49.6 Å². The van der Waals surface area contributed by atoms with Gasteiger partial charge in [-0.15, -0.1) is 0 Å². The minimum absolute atomic E-state index is 0.207. The number of rotatable bonds is 4. The third kappa shape index (κ3) is 3.98. The maximum Gasteiger partial charge on any atom is 0.414 e. The first-order valence-corrected chi connectivity index (χ1v) is 10.5. The number of methoxy groups -OCH3 is 1. The number of amides is 3. The van der Waals surface area contributed by atoms with Gasteiger partial charge in [-0.05, 0) is 37.5 Å². The van der Waals surface area contributed by atoms with Crippen molar-refractivity contribution in [3.8, 4) is 0 Å². The van der Waals surface area contributed by atoms with E-state index in [0.29, 0.717) is 31.0 Å². The van der Waals surface area contributed by atoms with E-state index in [2.05, 4.69) is 5.32 Å². The van der Waals surface area contributed by atoms with Gasteiger partial charge in [-0.3, -0.25) is 9.69 Å². The predicted octanol–water partition coefficient (Wildman–Crippen LogP) is 2.10. The maximum absolute atomic E-state index is 15.0. The summed E-state index contributed by atoms with van der Waals surface area (Å²) >= 11 is 0. The van der Waals surface area contributed by atoms with Crippen molar-refractivity contribution in [2.45, 2.75) is 37.8 Å². The van der Waals surface area contributed by atoms with E-state index in [1.165, 1.54) is 25.0 Å². The summed E-state index contributed by atoms with van der Waals surface area (Å²) in [6, 6.07) is 4.68. The summed E-state index contributed by atoms with van der Waals surface area (Å²) in [6.45, 7) is 3.67. The van der Waals surface area contributed by atoms with Crippen molar-refractivity contribution >= 4 is 29.5 Å². The van der Waals surface area contributed by atoms with Crippen LogP contribution in [0.1, 0.15) is 26.2 Å². The van der Waals surface area contributed by atoms with Crippen LogP contribution in [0.2, 0.25) is 0 Å². The van der Waals surface area contributed by atoms with E-state index in [1.807, 2.05) is 4.90 Å². The molecule has 3 saturated heterocycles. The van der Waals surface area contributed by atoms with Crippen LogP contribution in [0.15, 0.2) is 18.2 Å². The van der Waals surface area contributed by atoms with Gasteiger partial charge < -0.3 is 24.6 Å². The van der Waals surface area contributed by atoms with Gasteiger partial charge in [-0.2, -0.15) is 0 Å². The van der Waals surface area contributed by atoms with Gasteiger partial charge in [-0.25, -0.2) is 14.0 Å². The van der Waals surface area contributed by atoms with Crippen LogP contribution in [0.3, 0.4) is 0 Å². The molecule has 3 aliphatic rings. The van der Waals surface area contributed by atoms with Crippen molar-refractivity contribution < 1.29 is 28.2 Å². The zero-order valence-corrected chi connectivity index (χ0v) is 17.7. The maximum atomic E-state index is 15.0. The third-order valence-electron chi connectivity index (χ3n) is 6.36. The first-order valence-electron chi connectivity index (χ1n) is 10.5. The molecule has 2 unspecified atom stereocenters. The molecule has 10 heteroatoms. The minimum Gasteiger partial charge on any atom is -0.453 e. The lowest BCUT2D eigenvalue weighted by atomic mass is 9.95. The SMILES string of the molecule is COC(=O)N1CCCC12CCN(c1ccc(N3CC(CNC(C)=O)OC3=O)cc1F)C2. The fourth-order valence-corrected chi connectivity index (χ4v) is 4.84. The van der Waals surface area contributed by atoms with E-state index in [9.17, 15) is 14.4 Å². The number of nitrogens with zero attached hydrogens (tertiary/aromatic N) is 3. The molecule has 3 heterocycles. The number of carbonyl (C=O) groups excluding carboxylic acids is 3. The van der Waals surface area contributed by atoms with Crippen molar-refractivity contribution in [1.29, 1.82) is 0 Å². The summed E-state index contributed by atoms with van der Waals surface area (Å²) in [5.41, 5.74) is 0.524. The zero-order chi connectivity index (χ0) is 22.2. The summed E-state index contributed by atoms with van der Waals surface area (Å²) in [4.78, 5) is 40.5. The van der Waals surface area contributed by atoms with Crippen molar-refractivity contribution in [3.63, 3.8) is 0 Å². The van der Waals surface area contributed by atoms with Crippen LogP contribution in [0.5, 0.6) is 0 Å². The lowest BCUT2D eigenvalue weighted by molar-refractivity contribution is -0.119.